The van der Waals surface area contributed by atoms with Crippen LogP contribution in [-0.4, -0.2) is 192 Å². The zero-order chi connectivity index (χ0) is 43.2. The van der Waals surface area contributed by atoms with Crippen molar-refractivity contribution < 1.29 is 61.6 Å². The van der Waals surface area contributed by atoms with E-state index in [1.54, 1.807) is 77.2 Å². The van der Waals surface area contributed by atoms with E-state index in [2.05, 4.69) is 25.3 Å². The van der Waals surface area contributed by atoms with Crippen LogP contribution in [0.5, 0.6) is 0 Å². The quantitative estimate of drug-likeness (QED) is 0.0402. The molecule has 0 aliphatic heterocycles. The Balaban J connectivity index is -0.000000304. The lowest BCUT2D eigenvalue weighted by atomic mass is 10.1. The van der Waals surface area contributed by atoms with Crippen molar-refractivity contribution in [3.8, 4) is 0 Å². The molecule has 0 radical (unpaired) electrons. The summed E-state index contributed by atoms with van der Waals surface area (Å²) in [5.74, 6) is 0.490. The molecule has 14 nitrogen and oxygen atoms in total. The van der Waals surface area contributed by atoms with Gasteiger partial charge in [-0.1, -0.05) is 50.3 Å². The highest BCUT2D eigenvalue weighted by molar-refractivity contribution is 6.18. The third-order valence-corrected chi connectivity index (χ3v) is 7.84. The van der Waals surface area contributed by atoms with Gasteiger partial charge in [-0.15, -0.1) is 18.2 Å². The molecule has 0 heterocycles. The van der Waals surface area contributed by atoms with Crippen LogP contribution in [0.4, 0.5) is 0 Å². The number of alkyl halides is 1. The molecule has 336 valence electrons. The fraction of sp³-hybridized carbons (Fsp3) is 0.805. The van der Waals surface area contributed by atoms with Crippen LogP contribution in [0.25, 0.3) is 0 Å². The normalized spacial score (nSPS) is 13.4. The summed E-state index contributed by atoms with van der Waals surface area (Å²) in [4.78, 5) is 2.33. The molecule has 0 spiro atoms. The first-order valence-corrected chi connectivity index (χ1v) is 19.5. The minimum atomic E-state index is -0.333. The van der Waals surface area contributed by atoms with Crippen molar-refractivity contribution in [3.63, 3.8) is 0 Å². The van der Waals surface area contributed by atoms with E-state index in [-0.39, 0.29) is 36.8 Å². The zero-order valence-electron chi connectivity index (χ0n) is 37.5. The third kappa shape index (κ3) is 38.2. The highest BCUT2D eigenvalue weighted by Gasteiger charge is 2.21. The highest BCUT2D eigenvalue weighted by atomic mass is 35.5. The SMILES string of the molecule is C=CCOCC(COC)OC.CCN(CC)CC(COC)OC.CCOC(OCC)C(COC)OC.COCC(CCl)OC.COCC(OC)c1ccccc1. The van der Waals surface area contributed by atoms with E-state index in [0.29, 0.717) is 65.3 Å². The van der Waals surface area contributed by atoms with Crippen LogP contribution >= 0.6 is 11.6 Å². The molecule has 0 fully saturated rings. The Hall–Kier alpha value is -1.31. The maximum atomic E-state index is 5.44. The van der Waals surface area contributed by atoms with Crippen molar-refractivity contribution in [3.05, 3.63) is 48.6 Å². The Labute approximate surface area is 346 Å². The summed E-state index contributed by atoms with van der Waals surface area (Å²) >= 11 is 5.44. The van der Waals surface area contributed by atoms with Gasteiger partial charge in [0.15, 0.2) is 6.29 Å². The summed E-state index contributed by atoms with van der Waals surface area (Å²) in [5, 5.41) is 0. The van der Waals surface area contributed by atoms with Crippen LogP contribution in [0, 0.1) is 0 Å². The van der Waals surface area contributed by atoms with Crippen LogP contribution in [0.3, 0.4) is 0 Å². The topological polar surface area (TPSA) is 123 Å². The molecule has 0 aromatic heterocycles. The minimum Gasteiger partial charge on any atom is -0.382 e. The molecule has 15 heteroatoms. The summed E-state index contributed by atoms with van der Waals surface area (Å²) < 4.78 is 66.2. The second-order valence-electron chi connectivity index (χ2n) is 11.5. The molecule has 1 aromatic carbocycles. The molecule has 0 saturated heterocycles. The molecule has 1 aromatic rings. The van der Waals surface area contributed by atoms with E-state index in [9.17, 15) is 0 Å². The summed E-state index contributed by atoms with van der Waals surface area (Å²) in [6.45, 7) is 20.0. The first-order valence-electron chi connectivity index (χ1n) is 19.0. The molecule has 0 amide bonds. The predicted octanol–water partition coefficient (Wildman–Crippen LogP) is 5.79. The summed E-state index contributed by atoms with van der Waals surface area (Å²) in [5.41, 5.74) is 1.15. The number of nitrogens with zero attached hydrogens (tertiary/aromatic N) is 1. The lowest BCUT2D eigenvalue weighted by molar-refractivity contribution is -0.206. The van der Waals surface area contributed by atoms with E-state index in [0.717, 1.165) is 25.2 Å². The molecule has 0 aliphatic rings. The van der Waals surface area contributed by atoms with Crippen LogP contribution in [-0.2, 0) is 61.6 Å². The Bertz CT molecular complexity index is 852. The zero-order valence-corrected chi connectivity index (χ0v) is 38.2. The maximum Gasteiger partial charge on any atom is 0.185 e. The number of rotatable bonds is 30. The first kappa shape index (κ1) is 61.4. The maximum absolute atomic E-state index is 5.44. The fourth-order valence-corrected chi connectivity index (χ4v) is 4.51. The number of likely N-dealkylation sites (N-methyl/N-ethyl adjacent to an activating group) is 1. The van der Waals surface area contributed by atoms with Crippen molar-refractivity contribution in [2.75, 3.05) is 156 Å². The van der Waals surface area contributed by atoms with E-state index in [1.807, 2.05) is 44.2 Å². The average molecular weight is 833 g/mol. The number of hydrogen-bond donors (Lipinski definition) is 0. The monoisotopic (exact) mass is 832 g/mol. The Kier molecular flexibility index (Phi) is 54.6. The Morgan fingerprint density at radius 3 is 1.43 bits per heavy atom. The van der Waals surface area contributed by atoms with Gasteiger partial charge in [0, 0.05) is 90.9 Å². The number of hydrogen-bond acceptors (Lipinski definition) is 14. The van der Waals surface area contributed by atoms with Gasteiger partial charge < -0.3 is 66.5 Å². The minimum absolute atomic E-state index is 0.0277. The molecular formula is C41H82ClNO13. The molecular weight excluding hydrogens is 750 g/mol. The van der Waals surface area contributed by atoms with Gasteiger partial charge in [0.25, 0.3) is 0 Å². The molecule has 5 atom stereocenters. The van der Waals surface area contributed by atoms with Gasteiger partial charge in [0.1, 0.15) is 18.3 Å². The predicted molar refractivity (Wildman–Crippen MR) is 225 cm³/mol. The summed E-state index contributed by atoms with van der Waals surface area (Å²) in [6.07, 6.45) is 1.54. The van der Waals surface area contributed by atoms with Crippen molar-refractivity contribution in [2.45, 2.75) is 64.5 Å². The fourth-order valence-electron chi connectivity index (χ4n) is 4.30. The standard InChI is InChI=1S/C10H14O2.C9H21NO2.C9H20O4.C8H16O3.C5H11ClO2/c1-11-8-10(12-2)9-6-4-3-5-7-9;1-5-10(6-2)7-9(12-4)8-11-3;1-5-12-9(13-6-2)8(11-4)7-10-3;1-4-5-11-7-8(10-3)6-9-2;1-7-4-5(3-6)8-2/h3-7,10H,8H2,1-2H3;9H,5-8H2,1-4H3;8-9H,5-7H2,1-4H3;4,8H,1,5-7H2,2-3H3;5H,3-4H2,1-2H3. The molecule has 5 unspecified atom stereocenters. The van der Waals surface area contributed by atoms with Gasteiger partial charge >= 0.3 is 0 Å². The van der Waals surface area contributed by atoms with Gasteiger partial charge in [0.05, 0.1) is 64.3 Å². The lowest BCUT2D eigenvalue weighted by Gasteiger charge is -2.24. The largest absolute Gasteiger partial charge is 0.382 e. The van der Waals surface area contributed by atoms with Gasteiger partial charge in [0.2, 0.25) is 0 Å². The second kappa shape index (κ2) is 49.8. The Morgan fingerprint density at radius 1 is 0.589 bits per heavy atom. The van der Waals surface area contributed by atoms with Crippen molar-refractivity contribution >= 4 is 11.6 Å². The lowest BCUT2D eigenvalue weighted by Crippen LogP contribution is -2.36. The van der Waals surface area contributed by atoms with Crippen molar-refractivity contribution in [1.82, 2.24) is 4.90 Å². The first-order chi connectivity index (χ1) is 27.1. The van der Waals surface area contributed by atoms with Crippen LogP contribution in [0.2, 0.25) is 0 Å². The van der Waals surface area contributed by atoms with Gasteiger partial charge in [-0.2, -0.15) is 0 Å². The molecule has 0 N–H and O–H groups in total. The molecule has 1 rings (SSSR count). The van der Waals surface area contributed by atoms with E-state index in [4.69, 9.17) is 73.2 Å². The van der Waals surface area contributed by atoms with E-state index >= 15 is 0 Å². The van der Waals surface area contributed by atoms with Crippen LogP contribution in [0.1, 0.15) is 39.4 Å². The average Bonchev–Trinajstić information content (AvgIpc) is 3.23. The number of halogens is 1. The van der Waals surface area contributed by atoms with Crippen LogP contribution < -0.4 is 0 Å². The molecule has 0 aliphatic carbocycles. The summed E-state index contributed by atoms with van der Waals surface area (Å²) in [6, 6.07) is 10.1. The van der Waals surface area contributed by atoms with Gasteiger partial charge in [-0.25, -0.2) is 0 Å². The molecule has 56 heavy (non-hydrogen) atoms. The highest BCUT2D eigenvalue weighted by Crippen LogP contribution is 2.15. The van der Waals surface area contributed by atoms with E-state index < -0.39 is 0 Å². The number of methoxy groups -OCH3 is 10. The molecule has 0 bridgehead atoms. The smallest absolute Gasteiger partial charge is 0.185 e. The van der Waals surface area contributed by atoms with Crippen LogP contribution in [0.15, 0.2) is 43.0 Å². The molecule has 0 saturated carbocycles. The van der Waals surface area contributed by atoms with E-state index in [1.165, 1.54) is 0 Å². The van der Waals surface area contributed by atoms with Gasteiger partial charge in [-0.05, 0) is 32.5 Å². The number of ether oxygens (including phenoxy) is 13. The third-order valence-electron chi connectivity index (χ3n) is 7.50. The van der Waals surface area contributed by atoms with Crippen molar-refractivity contribution in [1.29, 1.82) is 0 Å². The second-order valence-corrected chi connectivity index (χ2v) is 11.8. The van der Waals surface area contributed by atoms with Gasteiger partial charge in [-0.3, -0.25) is 0 Å². The number of benzene rings is 1. The van der Waals surface area contributed by atoms with Crippen molar-refractivity contribution in [2.24, 2.45) is 0 Å². The summed E-state index contributed by atoms with van der Waals surface area (Å²) in [7, 11) is 16.6. The Morgan fingerprint density at radius 2 is 1.07 bits per heavy atom.